The Morgan fingerprint density at radius 1 is 1.12 bits per heavy atom. The molecule has 1 N–H and O–H groups in total. The fourth-order valence-electron chi connectivity index (χ4n) is 2.39. The summed E-state index contributed by atoms with van der Waals surface area (Å²) in [6.45, 7) is 0. The number of carbonyl (C=O) groups excluding carboxylic acids is 1. The van der Waals surface area contributed by atoms with E-state index in [4.69, 9.17) is 0 Å². The van der Waals surface area contributed by atoms with Gasteiger partial charge in [-0.3, -0.25) is 4.79 Å². The number of para-hydroxylation sites is 1. The van der Waals surface area contributed by atoms with Gasteiger partial charge in [0.2, 0.25) is 5.91 Å². The van der Waals surface area contributed by atoms with Gasteiger partial charge in [0.05, 0.1) is 10.2 Å². The van der Waals surface area contributed by atoms with Crippen LogP contribution in [0.25, 0.3) is 26.9 Å². The van der Waals surface area contributed by atoms with Crippen LogP contribution in [0.15, 0.2) is 66.2 Å². The Kier molecular flexibility index (Phi) is 4.37. The lowest BCUT2D eigenvalue weighted by molar-refractivity contribution is -0.111. The Morgan fingerprint density at radius 2 is 2.04 bits per heavy atom. The van der Waals surface area contributed by atoms with Crippen LogP contribution in [0.4, 0.5) is 5.69 Å². The molecule has 0 atom stereocenters. The van der Waals surface area contributed by atoms with Gasteiger partial charge in [-0.2, -0.15) is 0 Å². The van der Waals surface area contributed by atoms with Crippen molar-refractivity contribution in [3.8, 4) is 10.6 Å². The van der Waals surface area contributed by atoms with E-state index >= 15 is 0 Å². The minimum absolute atomic E-state index is 0.185. The van der Waals surface area contributed by atoms with Crippen LogP contribution >= 0.6 is 22.7 Å². The average Bonchev–Trinajstić information content (AvgIpc) is 3.29. The number of amides is 1. The van der Waals surface area contributed by atoms with E-state index < -0.39 is 0 Å². The molecule has 122 valence electrons. The molecule has 6 heteroatoms. The Bertz CT molecular complexity index is 1020. The zero-order valence-electron chi connectivity index (χ0n) is 13.0. The Hall–Kier alpha value is -2.83. The third-order valence-electron chi connectivity index (χ3n) is 3.50. The number of thiazole rings is 2. The topological polar surface area (TPSA) is 54.9 Å². The Balaban J connectivity index is 1.47. The number of anilines is 1. The minimum Gasteiger partial charge on any atom is -0.322 e. The number of nitrogens with one attached hydrogen (secondary N) is 1. The maximum Gasteiger partial charge on any atom is 0.248 e. The molecule has 2 aromatic carbocycles. The number of fused-ring (bicyclic) bond motifs is 1. The van der Waals surface area contributed by atoms with Gasteiger partial charge in [-0.15, -0.1) is 22.7 Å². The SMILES string of the molecule is O=C(/C=C/c1nc2ccccc2s1)Nc1cccc(-c2nccs2)c1. The summed E-state index contributed by atoms with van der Waals surface area (Å²) < 4.78 is 1.11. The minimum atomic E-state index is -0.185. The first-order chi connectivity index (χ1) is 12.3. The molecule has 4 aromatic rings. The molecule has 0 spiro atoms. The number of benzene rings is 2. The molecule has 0 aliphatic heterocycles. The highest BCUT2D eigenvalue weighted by Gasteiger charge is 2.04. The zero-order chi connectivity index (χ0) is 17.1. The van der Waals surface area contributed by atoms with E-state index in [9.17, 15) is 4.79 Å². The molecule has 0 bridgehead atoms. The van der Waals surface area contributed by atoms with Crippen molar-refractivity contribution in [3.63, 3.8) is 0 Å². The van der Waals surface area contributed by atoms with E-state index in [1.165, 1.54) is 6.08 Å². The maximum atomic E-state index is 12.2. The van der Waals surface area contributed by atoms with Gasteiger partial charge in [0.25, 0.3) is 0 Å². The van der Waals surface area contributed by atoms with Gasteiger partial charge >= 0.3 is 0 Å². The van der Waals surface area contributed by atoms with Crippen molar-refractivity contribution in [1.82, 2.24) is 9.97 Å². The molecule has 2 aromatic heterocycles. The van der Waals surface area contributed by atoms with Crippen molar-refractivity contribution in [2.75, 3.05) is 5.32 Å². The lowest BCUT2D eigenvalue weighted by Gasteiger charge is -2.03. The molecule has 25 heavy (non-hydrogen) atoms. The summed E-state index contributed by atoms with van der Waals surface area (Å²) in [6.07, 6.45) is 5.02. The highest BCUT2D eigenvalue weighted by molar-refractivity contribution is 7.19. The fourth-order valence-corrected chi connectivity index (χ4v) is 3.89. The summed E-state index contributed by atoms with van der Waals surface area (Å²) in [4.78, 5) is 20.9. The van der Waals surface area contributed by atoms with Crippen molar-refractivity contribution >= 4 is 50.6 Å². The quantitative estimate of drug-likeness (QED) is 0.515. The molecule has 0 unspecified atom stereocenters. The normalized spacial score (nSPS) is 11.2. The largest absolute Gasteiger partial charge is 0.322 e. The summed E-state index contributed by atoms with van der Waals surface area (Å²) in [7, 11) is 0. The van der Waals surface area contributed by atoms with Crippen molar-refractivity contribution in [2.24, 2.45) is 0 Å². The van der Waals surface area contributed by atoms with Gasteiger partial charge in [0.15, 0.2) is 0 Å². The van der Waals surface area contributed by atoms with Gasteiger partial charge in [-0.05, 0) is 30.3 Å². The van der Waals surface area contributed by atoms with Crippen LogP contribution in [0.2, 0.25) is 0 Å². The molecule has 4 nitrogen and oxygen atoms in total. The number of aromatic nitrogens is 2. The molecule has 0 aliphatic carbocycles. The molecule has 0 saturated carbocycles. The zero-order valence-corrected chi connectivity index (χ0v) is 14.7. The second-order valence-electron chi connectivity index (χ2n) is 5.26. The van der Waals surface area contributed by atoms with Gasteiger partial charge in [0, 0.05) is 28.9 Å². The molecular weight excluding hydrogens is 350 g/mol. The summed E-state index contributed by atoms with van der Waals surface area (Å²) in [6, 6.07) is 15.6. The summed E-state index contributed by atoms with van der Waals surface area (Å²) in [5.74, 6) is -0.185. The third-order valence-corrected chi connectivity index (χ3v) is 5.32. The molecule has 1 amide bonds. The predicted octanol–water partition coefficient (Wildman–Crippen LogP) is 5.07. The molecule has 0 fully saturated rings. The van der Waals surface area contributed by atoms with Crippen LogP contribution in [-0.2, 0) is 4.79 Å². The number of nitrogens with zero attached hydrogens (tertiary/aromatic N) is 2. The van der Waals surface area contributed by atoms with E-state index in [1.807, 2.05) is 53.9 Å². The standard InChI is InChI=1S/C19H13N3OS2/c23-17(8-9-18-22-15-6-1-2-7-16(15)25-18)21-14-5-3-4-13(12-14)19-20-10-11-24-19/h1-12H,(H,21,23)/b9-8+. The Labute approximate surface area is 152 Å². The van der Waals surface area contributed by atoms with Crippen molar-refractivity contribution in [1.29, 1.82) is 0 Å². The van der Waals surface area contributed by atoms with Crippen LogP contribution < -0.4 is 5.32 Å². The second-order valence-corrected chi connectivity index (χ2v) is 7.22. The lowest BCUT2D eigenvalue weighted by Crippen LogP contribution is -2.07. The first kappa shape index (κ1) is 15.7. The number of hydrogen-bond acceptors (Lipinski definition) is 5. The fraction of sp³-hybridized carbons (Fsp3) is 0. The predicted molar refractivity (Wildman–Crippen MR) is 105 cm³/mol. The summed E-state index contributed by atoms with van der Waals surface area (Å²) >= 11 is 3.13. The van der Waals surface area contributed by atoms with Gasteiger partial charge in [-0.1, -0.05) is 24.3 Å². The highest BCUT2D eigenvalue weighted by atomic mass is 32.1. The smallest absolute Gasteiger partial charge is 0.248 e. The van der Waals surface area contributed by atoms with E-state index in [-0.39, 0.29) is 5.91 Å². The van der Waals surface area contributed by atoms with Crippen molar-refractivity contribution < 1.29 is 4.79 Å². The first-order valence-corrected chi connectivity index (χ1v) is 9.32. The number of rotatable bonds is 4. The Morgan fingerprint density at radius 3 is 2.88 bits per heavy atom. The van der Waals surface area contributed by atoms with E-state index in [0.29, 0.717) is 0 Å². The van der Waals surface area contributed by atoms with Crippen LogP contribution in [0.3, 0.4) is 0 Å². The maximum absolute atomic E-state index is 12.2. The number of hydrogen-bond donors (Lipinski definition) is 1. The molecule has 2 heterocycles. The molecule has 0 radical (unpaired) electrons. The van der Waals surface area contributed by atoms with Gasteiger partial charge in [0.1, 0.15) is 10.0 Å². The summed E-state index contributed by atoms with van der Waals surface area (Å²) in [5.41, 5.74) is 2.68. The molecule has 0 aliphatic rings. The summed E-state index contributed by atoms with van der Waals surface area (Å²) in [5, 5.41) is 6.55. The van der Waals surface area contributed by atoms with Gasteiger partial charge in [-0.25, -0.2) is 9.97 Å². The first-order valence-electron chi connectivity index (χ1n) is 7.62. The third kappa shape index (κ3) is 3.65. The van der Waals surface area contributed by atoms with Gasteiger partial charge < -0.3 is 5.32 Å². The van der Waals surface area contributed by atoms with E-state index in [1.54, 1.807) is 34.9 Å². The van der Waals surface area contributed by atoms with Crippen molar-refractivity contribution in [3.05, 3.63) is 71.2 Å². The van der Waals surface area contributed by atoms with Crippen LogP contribution in [0, 0.1) is 0 Å². The van der Waals surface area contributed by atoms with Crippen LogP contribution in [0.5, 0.6) is 0 Å². The monoisotopic (exact) mass is 363 g/mol. The van der Waals surface area contributed by atoms with Crippen molar-refractivity contribution in [2.45, 2.75) is 0 Å². The van der Waals surface area contributed by atoms with E-state index in [0.717, 1.165) is 31.5 Å². The highest BCUT2D eigenvalue weighted by Crippen LogP contribution is 2.25. The number of carbonyl (C=O) groups is 1. The van der Waals surface area contributed by atoms with Crippen LogP contribution in [-0.4, -0.2) is 15.9 Å². The van der Waals surface area contributed by atoms with E-state index in [2.05, 4.69) is 15.3 Å². The second kappa shape index (κ2) is 6.96. The molecule has 0 saturated heterocycles. The molecular formula is C19H13N3OS2. The molecule has 4 rings (SSSR count). The van der Waals surface area contributed by atoms with Crippen LogP contribution in [0.1, 0.15) is 5.01 Å². The lowest BCUT2D eigenvalue weighted by atomic mass is 10.2. The average molecular weight is 363 g/mol.